The first-order valence-corrected chi connectivity index (χ1v) is 11.4. The molecule has 2 aliphatic carbocycles. The minimum atomic E-state index is -2.62. The Labute approximate surface area is 154 Å². The zero-order valence-corrected chi connectivity index (χ0v) is 15.9. The average Bonchev–Trinajstić information content (AvgIpc) is 3.48. The maximum atomic E-state index is 13.4. The minimum absolute atomic E-state index is 0.253. The van der Waals surface area contributed by atoms with Crippen molar-refractivity contribution in [3.05, 3.63) is 42.0 Å². The van der Waals surface area contributed by atoms with Crippen LogP contribution in [0.1, 0.15) is 31.2 Å². The number of nitrogens with two attached hydrogens (primary N) is 2. The van der Waals surface area contributed by atoms with Gasteiger partial charge in [-0.2, -0.15) is 0 Å². The summed E-state index contributed by atoms with van der Waals surface area (Å²) < 4.78 is 25.1. The topological polar surface area (TPSA) is 87.6 Å². The summed E-state index contributed by atoms with van der Waals surface area (Å²) in [6, 6.07) is 11.1. The maximum absolute atomic E-state index is 13.4. The van der Waals surface area contributed by atoms with Crippen molar-refractivity contribution in [3.8, 4) is 11.5 Å². The van der Waals surface area contributed by atoms with Crippen molar-refractivity contribution in [1.82, 2.24) is 0 Å². The van der Waals surface area contributed by atoms with Crippen LogP contribution in [-0.4, -0.2) is 18.9 Å². The molecule has 0 radical (unpaired) electrons. The monoisotopic (exact) mass is 372 g/mol. The molecule has 138 valence electrons. The smallest absolute Gasteiger partial charge is 0.143 e. The zero-order valence-electron chi connectivity index (χ0n) is 15.0. The van der Waals surface area contributed by atoms with Gasteiger partial charge in [0.2, 0.25) is 0 Å². The molecule has 5 nitrogen and oxygen atoms in total. The molecule has 0 saturated heterocycles. The van der Waals surface area contributed by atoms with Crippen LogP contribution < -0.4 is 26.2 Å². The fourth-order valence-corrected chi connectivity index (χ4v) is 4.73. The lowest BCUT2D eigenvalue weighted by Crippen LogP contribution is -2.09. The molecule has 2 aromatic carbocycles. The number of nitrogen functional groups attached to an aromatic ring is 2. The first kappa shape index (κ1) is 17.3. The summed E-state index contributed by atoms with van der Waals surface area (Å²) in [5.74, 6) is 1.34. The van der Waals surface area contributed by atoms with E-state index in [1.54, 1.807) is 12.7 Å². The SMILES string of the molecule is CP(=O)(Cc1ccc(N)c(OC2CC2)c1)c1ccc(N)c(OC2CC2)c1. The Bertz CT molecular complexity index is 875. The summed E-state index contributed by atoms with van der Waals surface area (Å²) in [7, 11) is -2.62. The molecule has 2 aromatic rings. The molecule has 0 amide bonds. The fourth-order valence-electron chi connectivity index (χ4n) is 2.87. The Morgan fingerprint density at radius 2 is 1.46 bits per heavy atom. The first-order valence-electron chi connectivity index (χ1n) is 9.09. The van der Waals surface area contributed by atoms with Crippen LogP contribution in [0.5, 0.6) is 11.5 Å². The van der Waals surface area contributed by atoms with Crippen LogP contribution in [0.25, 0.3) is 0 Å². The Kier molecular flexibility index (Phi) is 4.36. The van der Waals surface area contributed by atoms with Gasteiger partial charge in [-0.25, -0.2) is 0 Å². The number of hydrogen-bond donors (Lipinski definition) is 2. The molecule has 2 saturated carbocycles. The highest BCUT2D eigenvalue weighted by molar-refractivity contribution is 7.70. The minimum Gasteiger partial charge on any atom is -0.488 e. The highest BCUT2D eigenvalue weighted by atomic mass is 31.2. The first-order chi connectivity index (χ1) is 12.4. The largest absolute Gasteiger partial charge is 0.488 e. The molecule has 6 heteroatoms. The van der Waals surface area contributed by atoms with Crippen molar-refractivity contribution in [3.63, 3.8) is 0 Å². The lowest BCUT2D eigenvalue weighted by molar-refractivity contribution is 0.304. The van der Waals surface area contributed by atoms with Crippen molar-refractivity contribution in [2.24, 2.45) is 0 Å². The predicted molar refractivity (Wildman–Crippen MR) is 106 cm³/mol. The summed E-state index contributed by atoms with van der Waals surface area (Å²) in [4.78, 5) is 0. The molecule has 2 aliphatic rings. The van der Waals surface area contributed by atoms with Gasteiger partial charge in [-0.15, -0.1) is 0 Å². The van der Waals surface area contributed by atoms with Crippen LogP contribution in [0.3, 0.4) is 0 Å². The summed E-state index contributed by atoms with van der Waals surface area (Å²) in [5, 5.41) is 0.781. The molecular weight excluding hydrogens is 347 g/mol. The fraction of sp³-hybridized carbons (Fsp3) is 0.400. The molecule has 0 heterocycles. The highest BCUT2D eigenvalue weighted by Gasteiger charge is 2.27. The molecule has 0 aliphatic heterocycles. The normalized spacial score (nSPS) is 19.0. The van der Waals surface area contributed by atoms with E-state index in [-0.39, 0.29) is 12.2 Å². The second-order valence-electron chi connectivity index (χ2n) is 7.49. The summed E-state index contributed by atoms with van der Waals surface area (Å²) in [6.45, 7) is 1.80. The molecule has 0 spiro atoms. The molecule has 0 aromatic heterocycles. The van der Waals surface area contributed by atoms with Crippen molar-refractivity contribution < 1.29 is 14.0 Å². The number of rotatable bonds is 7. The van der Waals surface area contributed by atoms with E-state index in [1.807, 2.05) is 30.3 Å². The van der Waals surface area contributed by atoms with Crippen LogP contribution in [0.15, 0.2) is 36.4 Å². The van der Waals surface area contributed by atoms with Gasteiger partial charge in [-0.1, -0.05) is 6.07 Å². The van der Waals surface area contributed by atoms with Gasteiger partial charge in [-0.3, -0.25) is 0 Å². The van der Waals surface area contributed by atoms with Crippen molar-refractivity contribution in [2.75, 3.05) is 18.1 Å². The van der Waals surface area contributed by atoms with Crippen LogP contribution in [0.2, 0.25) is 0 Å². The molecule has 4 N–H and O–H groups in total. The number of ether oxygens (including phenoxy) is 2. The van der Waals surface area contributed by atoms with E-state index in [2.05, 4.69) is 0 Å². The van der Waals surface area contributed by atoms with Gasteiger partial charge in [0.05, 0.1) is 23.6 Å². The Morgan fingerprint density at radius 3 is 2.04 bits per heavy atom. The van der Waals surface area contributed by atoms with E-state index in [4.69, 9.17) is 20.9 Å². The number of anilines is 2. The maximum Gasteiger partial charge on any atom is 0.143 e. The van der Waals surface area contributed by atoms with E-state index >= 15 is 0 Å². The third kappa shape index (κ3) is 3.99. The van der Waals surface area contributed by atoms with Crippen LogP contribution in [0.4, 0.5) is 11.4 Å². The van der Waals surface area contributed by atoms with Gasteiger partial charge >= 0.3 is 0 Å². The average molecular weight is 372 g/mol. The summed E-state index contributed by atoms with van der Waals surface area (Å²) >= 11 is 0. The third-order valence-corrected chi connectivity index (χ3v) is 7.08. The Hall–Kier alpha value is -2.13. The van der Waals surface area contributed by atoms with Crippen molar-refractivity contribution in [1.29, 1.82) is 0 Å². The second-order valence-corrected chi connectivity index (χ2v) is 10.5. The molecule has 1 unspecified atom stereocenters. The molecule has 26 heavy (non-hydrogen) atoms. The number of hydrogen-bond acceptors (Lipinski definition) is 5. The van der Waals surface area contributed by atoms with E-state index in [0.717, 1.165) is 36.6 Å². The van der Waals surface area contributed by atoms with E-state index < -0.39 is 7.14 Å². The quantitative estimate of drug-likeness (QED) is 0.571. The van der Waals surface area contributed by atoms with Gasteiger partial charge in [0, 0.05) is 11.5 Å². The predicted octanol–water partition coefficient (Wildman–Crippen LogP) is 3.75. The van der Waals surface area contributed by atoms with E-state index in [1.165, 1.54) is 0 Å². The lowest BCUT2D eigenvalue weighted by Gasteiger charge is -2.17. The second kappa shape index (κ2) is 6.55. The van der Waals surface area contributed by atoms with E-state index in [0.29, 0.717) is 29.0 Å². The molecule has 4 rings (SSSR count). The van der Waals surface area contributed by atoms with Gasteiger partial charge in [0.1, 0.15) is 18.6 Å². The van der Waals surface area contributed by atoms with Gasteiger partial charge < -0.3 is 25.5 Å². The zero-order chi connectivity index (χ0) is 18.3. The Morgan fingerprint density at radius 1 is 0.923 bits per heavy atom. The van der Waals surface area contributed by atoms with Crippen molar-refractivity contribution in [2.45, 2.75) is 44.1 Å². The Balaban J connectivity index is 1.55. The molecule has 2 fully saturated rings. The lowest BCUT2D eigenvalue weighted by atomic mass is 10.2. The van der Waals surface area contributed by atoms with Crippen LogP contribution >= 0.6 is 7.14 Å². The van der Waals surface area contributed by atoms with Gasteiger partial charge in [-0.05, 0) is 68.2 Å². The van der Waals surface area contributed by atoms with Gasteiger partial charge in [0.25, 0.3) is 0 Å². The summed E-state index contributed by atoms with van der Waals surface area (Å²) in [6.07, 6.45) is 5.24. The summed E-state index contributed by atoms with van der Waals surface area (Å²) in [5.41, 5.74) is 14.2. The molecule has 1 atom stereocenters. The molecule has 0 bridgehead atoms. The standard InChI is InChI=1S/C20H25N2O3P/c1-26(23,16-7-9-18(22)20(11-16)25-15-5-6-15)12-13-2-8-17(21)19(10-13)24-14-3-4-14/h2,7-11,14-15H,3-6,12,21-22H2,1H3. The van der Waals surface area contributed by atoms with Gasteiger partial charge in [0.15, 0.2) is 0 Å². The van der Waals surface area contributed by atoms with E-state index in [9.17, 15) is 4.57 Å². The third-order valence-electron chi connectivity index (χ3n) is 4.74. The number of benzene rings is 2. The van der Waals surface area contributed by atoms with Crippen molar-refractivity contribution >= 4 is 23.8 Å². The van der Waals surface area contributed by atoms with Crippen LogP contribution in [-0.2, 0) is 10.7 Å². The highest BCUT2D eigenvalue weighted by Crippen LogP contribution is 2.46. The van der Waals surface area contributed by atoms with Crippen LogP contribution in [0, 0.1) is 0 Å². The molecular formula is C20H25N2O3P.